The van der Waals surface area contributed by atoms with Crippen LogP contribution in [-0.4, -0.2) is 30.5 Å². The Morgan fingerprint density at radius 1 is 1.35 bits per heavy atom. The van der Waals surface area contributed by atoms with Crippen LogP contribution < -0.4 is 9.47 Å². The van der Waals surface area contributed by atoms with Crippen molar-refractivity contribution in [3.8, 4) is 11.5 Å². The second-order valence-corrected chi connectivity index (χ2v) is 5.88. The molecule has 0 radical (unpaired) electrons. The van der Waals surface area contributed by atoms with Crippen LogP contribution in [-0.2, 0) is 0 Å². The lowest BCUT2D eigenvalue weighted by Crippen LogP contribution is -2.01. The van der Waals surface area contributed by atoms with Crippen LogP contribution >= 0.6 is 23.1 Å². The Kier molecular flexibility index (Phi) is 5.31. The van der Waals surface area contributed by atoms with E-state index in [2.05, 4.69) is 0 Å². The first-order valence-corrected chi connectivity index (χ1v) is 7.77. The third-order valence-electron chi connectivity index (χ3n) is 2.46. The summed E-state index contributed by atoms with van der Waals surface area (Å²) in [5.41, 5.74) is 0. The molecule has 4 nitrogen and oxygen atoms in total. The Morgan fingerprint density at radius 3 is 2.75 bits per heavy atom. The summed E-state index contributed by atoms with van der Waals surface area (Å²) >= 11 is 2.81. The van der Waals surface area contributed by atoms with Crippen molar-refractivity contribution in [3.05, 3.63) is 40.6 Å². The molecule has 6 heteroatoms. The molecule has 0 unspecified atom stereocenters. The largest absolute Gasteiger partial charge is 0.493 e. The van der Waals surface area contributed by atoms with Gasteiger partial charge in [0.1, 0.15) is 4.88 Å². The SMILES string of the molecule is COc1ccccc1OCCSc1csc(C(=O)O)c1. The summed E-state index contributed by atoms with van der Waals surface area (Å²) in [7, 11) is 1.61. The first-order chi connectivity index (χ1) is 9.70. The molecule has 1 aromatic heterocycles. The molecular weight excluding hydrogens is 296 g/mol. The topological polar surface area (TPSA) is 55.8 Å². The van der Waals surface area contributed by atoms with Gasteiger partial charge in [-0.25, -0.2) is 4.79 Å². The lowest BCUT2D eigenvalue weighted by molar-refractivity contribution is 0.0702. The highest BCUT2D eigenvalue weighted by molar-refractivity contribution is 7.99. The minimum atomic E-state index is -0.882. The monoisotopic (exact) mass is 310 g/mol. The number of thioether (sulfide) groups is 1. The van der Waals surface area contributed by atoms with Crippen molar-refractivity contribution < 1.29 is 19.4 Å². The molecule has 0 aliphatic rings. The van der Waals surface area contributed by atoms with Crippen molar-refractivity contribution in [2.45, 2.75) is 4.90 Å². The van der Waals surface area contributed by atoms with Gasteiger partial charge in [0, 0.05) is 16.0 Å². The van der Waals surface area contributed by atoms with Crippen LogP contribution in [0.2, 0.25) is 0 Å². The average Bonchev–Trinajstić information content (AvgIpc) is 2.93. The smallest absolute Gasteiger partial charge is 0.345 e. The Morgan fingerprint density at radius 2 is 2.10 bits per heavy atom. The van der Waals surface area contributed by atoms with Gasteiger partial charge in [0.05, 0.1) is 13.7 Å². The minimum Gasteiger partial charge on any atom is -0.493 e. The van der Waals surface area contributed by atoms with E-state index in [9.17, 15) is 4.79 Å². The van der Waals surface area contributed by atoms with Crippen molar-refractivity contribution >= 4 is 29.1 Å². The van der Waals surface area contributed by atoms with Gasteiger partial charge in [-0.3, -0.25) is 0 Å². The van der Waals surface area contributed by atoms with E-state index in [1.165, 1.54) is 11.3 Å². The molecule has 0 saturated carbocycles. The number of thiophene rings is 1. The molecule has 0 aliphatic carbocycles. The maximum Gasteiger partial charge on any atom is 0.345 e. The zero-order chi connectivity index (χ0) is 14.4. The highest BCUT2D eigenvalue weighted by Crippen LogP contribution is 2.27. The van der Waals surface area contributed by atoms with Gasteiger partial charge in [-0.1, -0.05) is 12.1 Å². The van der Waals surface area contributed by atoms with Gasteiger partial charge >= 0.3 is 5.97 Å². The molecule has 1 heterocycles. The van der Waals surface area contributed by atoms with E-state index in [1.807, 2.05) is 29.6 Å². The Labute approximate surface area is 125 Å². The molecule has 2 aromatic rings. The predicted molar refractivity (Wildman–Crippen MR) is 80.5 cm³/mol. The van der Waals surface area contributed by atoms with E-state index in [1.54, 1.807) is 24.9 Å². The maximum atomic E-state index is 10.8. The number of hydrogen-bond donors (Lipinski definition) is 1. The number of carboxylic acid groups (broad SMARTS) is 1. The fraction of sp³-hybridized carbons (Fsp3) is 0.214. The Balaban J connectivity index is 1.80. The summed E-state index contributed by atoms with van der Waals surface area (Å²) in [6, 6.07) is 9.17. The molecule has 2 rings (SSSR count). The van der Waals surface area contributed by atoms with Crippen LogP contribution in [0.15, 0.2) is 40.6 Å². The second kappa shape index (κ2) is 7.21. The number of aromatic carboxylic acids is 1. The molecule has 0 atom stereocenters. The number of para-hydroxylation sites is 2. The van der Waals surface area contributed by atoms with Crippen molar-refractivity contribution in [2.75, 3.05) is 19.5 Å². The van der Waals surface area contributed by atoms with E-state index in [0.29, 0.717) is 23.0 Å². The number of benzene rings is 1. The lowest BCUT2D eigenvalue weighted by atomic mass is 10.3. The van der Waals surface area contributed by atoms with Crippen molar-refractivity contribution in [3.63, 3.8) is 0 Å². The van der Waals surface area contributed by atoms with Crippen molar-refractivity contribution in [1.29, 1.82) is 0 Å². The van der Waals surface area contributed by atoms with Crippen LogP contribution in [0.25, 0.3) is 0 Å². The number of carboxylic acids is 1. The zero-order valence-electron chi connectivity index (χ0n) is 10.9. The van der Waals surface area contributed by atoms with Gasteiger partial charge < -0.3 is 14.6 Å². The third kappa shape index (κ3) is 3.91. The highest BCUT2D eigenvalue weighted by atomic mass is 32.2. The van der Waals surface area contributed by atoms with Gasteiger partial charge in [-0.2, -0.15) is 0 Å². The minimum absolute atomic E-state index is 0.359. The van der Waals surface area contributed by atoms with E-state index in [0.717, 1.165) is 10.6 Å². The molecule has 20 heavy (non-hydrogen) atoms. The first-order valence-electron chi connectivity index (χ1n) is 5.91. The molecule has 0 spiro atoms. The van der Waals surface area contributed by atoms with E-state index < -0.39 is 5.97 Å². The number of hydrogen-bond acceptors (Lipinski definition) is 5. The van der Waals surface area contributed by atoms with Gasteiger partial charge in [0.15, 0.2) is 11.5 Å². The van der Waals surface area contributed by atoms with Crippen molar-refractivity contribution in [1.82, 2.24) is 0 Å². The first kappa shape index (κ1) is 14.7. The summed E-state index contributed by atoms with van der Waals surface area (Å²) in [6.45, 7) is 0.531. The Hall–Kier alpha value is -1.66. The van der Waals surface area contributed by atoms with Gasteiger partial charge in [-0.15, -0.1) is 23.1 Å². The van der Waals surface area contributed by atoms with Crippen LogP contribution in [0.4, 0.5) is 0 Å². The summed E-state index contributed by atoms with van der Waals surface area (Å²) in [4.78, 5) is 12.1. The fourth-order valence-corrected chi connectivity index (χ4v) is 3.26. The molecule has 1 aromatic carbocycles. The van der Waals surface area contributed by atoms with E-state index in [4.69, 9.17) is 14.6 Å². The zero-order valence-corrected chi connectivity index (χ0v) is 12.5. The molecule has 0 saturated heterocycles. The van der Waals surface area contributed by atoms with Gasteiger partial charge in [-0.05, 0) is 18.2 Å². The van der Waals surface area contributed by atoms with Crippen LogP contribution in [0, 0.1) is 0 Å². The third-order valence-corrected chi connectivity index (χ3v) is 4.47. The normalized spacial score (nSPS) is 10.2. The Bertz CT molecular complexity index is 580. The second-order valence-electron chi connectivity index (χ2n) is 3.80. The molecule has 0 amide bonds. The number of methoxy groups -OCH3 is 1. The number of rotatable bonds is 7. The van der Waals surface area contributed by atoms with Crippen LogP contribution in [0.3, 0.4) is 0 Å². The summed E-state index contributed by atoms with van der Waals surface area (Å²) in [6.07, 6.45) is 0. The van der Waals surface area contributed by atoms with Gasteiger partial charge in [0.25, 0.3) is 0 Å². The summed E-state index contributed by atoms with van der Waals surface area (Å²) in [5, 5.41) is 10.7. The highest BCUT2D eigenvalue weighted by Gasteiger charge is 2.07. The van der Waals surface area contributed by atoms with E-state index in [-0.39, 0.29) is 0 Å². The predicted octanol–water partition coefficient (Wildman–Crippen LogP) is 3.63. The summed E-state index contributed by atoms with van der Waals surface area (Å²) in [5.74, 6) is 1.29. The van der Waals surface area contributed by atoms with E-state index >= 15 is 0 Å². The van der Waals surface area contributed by atoms with Crippen LogP contribution in [0.1, 0.15) is 9.67 Å². The molecule has 0 bridgehead atoms. The molecule has 1 N–H and O–H groups in total. The van der Waals surface area contributed by atoms with Gasteiger partial charge in [0.2, 0.25) is 0 Å². The van der Waals surface area contributed by atoms with Crippen molar-refractivity contribution in [2.24, 2.45) is 0 Å². The average molecular weight is 310 g/mol. The summed E-state index contributed by atoms with van der Waals surface area (Å²) < 4.78 is 10.8. The lowest BCUT2D eigenvalue weighted by Gasteiger charge is -2.09. The molecular formula is C14H14O4S2. The molecule has 0 aliphatic heterocycles. The fourth-order valence-electron chi connectivity index (χ4n) is 1.56. The number of carbonyl (C=O) groups is 1. The number of ether oxygens (including phenoxy) is 2. The molecule has 106 valence electrons. The molecule has 0 fully saturated rings. The standard InChI is InChI=1S/C14H14O4S2/c1-17-11-4-2-3-5-12(11)18-6-7-19-10-8-13(14(15)16)20-9-10/h2-5,8-9H,6-7H2,1H3,(H,15,16). The van der Waals surface area contributed by atoms with Crippen LogP contribution in [0.5, 0.6) is 11.5 Å². The quantitative estimate of drug-likeness (QED) is 0.625. The maximum absolute atomic E-state index is 10.8.